The standard InChI is InChI=1S/C24H19F3N4O/c1-13-3-4-14-9-15(5-6-20(14)28-13)24(32)31-8-7-17-21(12-31)29-30(2)23(17)16-10-18(25)22(27)19(26)11-16/h3-6,9-11H,7-8,12H2,1-2H3. The van der Waals surface area contributed by atoms with Crippen molar-refractivity contribution in [2.75, 3.05) is 6.54 Å². The zero-order chi connectivity index (χ0) is 22.6. The quantitative estimate of drug-likeness (QED) is 0.433. The summed E-state index contributed by atoms with van der Waals surface area (Å²) < 4.78 is 42.5. The fourth-order valence-electron chi connectivity index (χ4n) is 4.29. The van der Waals surface area contributed by atoms with Crippen molar-refractivity contribution in [2.45, 2.75) is 19.9 Å². The van der Waals surface area contributed by atoms with E-state index in [1.807, 2.05) is 31.2 Å². The van der Waals surface area contributed by atoms with Gasteiger partial charge in [0.1, 0.15) is 0 Å². The third kappa shape index (κ3) is 3.32. The number of halogens is 3. The first-order valence-electron chi connectivity index (χ1n) is 10.2. The van der Waals surface area contributed by atoms with Crippen molar-refractivity contribution in [2.24, 2.45) is 7.05 Å². The fraction of sp³-hybridized carbons (Fsp3) is 0.208. The zero-order valence-electron chi connectivity index (χ0n) is 17.5. The minimum absolute atomic E-state index is 0.121. The maximum atomic E-state index is 13.8. The third-order valence-corrected chi connectivity index (χ3v) is 5.82. The Morgan fingerprint density at radius 2 is 1.78 bits per heavy atom. The molecule has 0 radical (unpaired) electrons. The minimum atomic E-state index is -1.50. The number of benzene rings is 2. The molecule has 0 saturated carbocycles. The van der Waals surface area contributed by atoms with Gasteiger partial charge in [0.15, 0.2) is 17.5 Å². The van der Waals surface area contributed by atoms with Gasteiger partial charge in [0.25, 0.3) is 5.91 Å². The Morgan fingerprint density at radius 1 is 1.03 bits per heavy atom. The average molecular weight is 436 g/mol. The number of rotatable bonds is 2. The van der Waals surface area contributed by atoms with Crippen LogP contribution in [0.5, 0.6) is 0 Å². The number of amides is 1. The minimum Gasteiger partial charge on any atom is -0.332 e. The lowest BCUT2D eigenvalue weighted by Crippen LogP contribution is -2.36. The second kappa shape index (κ2) is 7.47. The van der Waals surface area contributed by atoms with E-state index in [9.17, 15) is 18.0 Å². The van der Waals surface area contributed by atoms with Crippen LogP contribution < -0.4 is 0 Å². The van der Waals surface area contributed by atoms with E-state index >= 15 is 0 Å². The van der Waals surface area contributed by atoms with E-state index in [-0.39, 0.29) is 18.0 Å². The zero-order valence-corrected chi connectivity index (χ0v) is 17.5. The van der Waals surface area contributed by atoms with Crippen LogP contribution in [0.15, 0.2) is 42.5 Å². The summed E-state index contributed by atoms with van der Waals surface area (Å²) in [6, 6.07) is 11.2. The lowest BCUT2D eigenvalue weighted by Gasteiger charge is -2.27. The molecule has 5 rings (SSSR count). The number of aryl methyl sites for hydroxylation is 2. The monoisotopic (exact) mass is 436 g/mol. The van der Waals surface area contributed by atoms with Crippen LogP contribution in [-0.2, 0) is 20.0 Å². The largest absolute Gasteiger partial charge is 0.332 e. The number of pyridine rings is 1. The molecular formula is C24H19F3N4O. The van der Waals surface area contributed by atoms with Crippen molar-refractivity contribution in [3.8, 4) is 11.3 Å². The molecule has 0 atom stereocenters. The number of hydrogen-bond donors (Lipinski definition) is 0. The number of aromatic nitrogens is 3. The molecule has 0 bridgehead atoms. The highest BCUT2D eigenvalue weighted by Crippen LogP contribution is 2.32. The summed E-state index contributed by atoms with van der Waals surface area (Å²) >= 11 is 0. The molecule has 3 heterocycles. The summed E-state index contributed by atoms with van der Waals surface area (Å²) in [4.78, 5) is 19.3. The van der Waals surface area contributed by atoms with E-state index in [1.165, 1.54) is 4.68 Å². The number of nitrogens with zero attached hydrogens (tertiary/aromatic N) is 4. The highest BCUT2D eigenvalue weighted by atomic mass is 19.2. The first kappa shape index (κ1) is 20.2. The lowest BCUT2D eigenvalue weighted by atomic mass is 9.99. The summed E-state index contributed by atoms with van der Waals surface area (Å²) in [5, 5.41) is 5.36. The van der Waals surface area contributed by atoms with E-state index in [1.54, 1.807) is 18.0 Å². The number of hydrogen-bond acceptors (Lipinski definition) is 3. The molecular weight excluding hydrogens is 417 g/mol. The third-order valence-electron chi connectivity index (χ3n) is 5.82. The molecule has 1 amide bonds. The molecule has 162 valence electrons. The summed E-state index contributed by atoms with van der Waals surface area (Å²) in [6.07, 6.45) is 0.471. The van der Waals surface area contributed by atoms with Crippen molar-refractivity contribution in [1.29, 1.82) is 0 Å². The molecule has 4 aromatic rings. The Hall–Kier alpha value is -3.68. The topological polar surface area (TPSA) is 51.0 Å². The molecule has 0 unspecified atom stereocenters. The van der Waals surface area contributed by atoms with Crippen molar-refractivity contribution < 1.29 is 18.0 Å². The van der Waals surface area contributed by atoms with Crippen molar-refractivity contribution in [1.82, 2.24) is 19.7 Å². The molecule has 5 nitrogen and oxygen atoms in total. The predicted octanol–water partition coefficient (Wildman–Crippen LogP) is 4.56. The maximum absolute atomic E-state index is 13.8. The molecule has 1 aliphatic rings. The predicted molar refractivity (Wildman–Crippen MR) is 113 cm³/mol. The summed E-state index contributed by atoms with van der Waals surface area (Å²) in [5.74, 6) is -4.11. The lowest BCUT2D eigenvalue weighted by molar-refractivity contribution is 0.0732. The Labute approximate surface area is 182 Å². The normalized spacial score (nSPS) is 13.5. The van der Waals surface area contributed by atoms with E-state index < -0.39 is 17.5 Å². The van der Waals surface area contributed by atoms with Crippen LogP contribution in [0.3, 0.4) is 0 Å². The number of fused-ring (bicyclic) bond motifs is 2. The maximum Gasteiger partial charge on any atom is 0.254 e. The van der Waals surface area contributed by atoms with Crippen molar-refractivity contribution >= 4 is 16.8 Å². The van der Waals surface area contributed by atoms with Crippen molar-refractivity contribution in [3.05, 3.63) is 82.4 Å². The second-order valence-electron chi connectivity index (χ2n) is 7.99. The van der Waals surface area contributed by atoms with Gasteiger partial charge < -0.3 is 4.90 Å². The van der Waals surface area contributed by atoms with Crippen LogP contribution in [0.4, 0.5) is 13.2 Å². The number of carbonyl (C=O) groups is 1. The molecule has 2 aromatic heterocycles. The van der Waals surface area contributed by atoms with Crippen LogP contribution in [0, 0.1) is 24.4 Å². The summed E-state index contributed by atoms with van der Waals surface area (Å²) in [6.45, 7) is 2.62. The molecule has 32 heavy (non-hydrogen) atoms. The van der Waals surface area contributed by atoms with Gasteiger partial charge in [0.2, 0.25) is 0 Å². The Bertz CT molecular complexity index is 1370. The van der Waals surface area contributed by atoms with Gasteiger partial charge in [-0.15, -0.1) is 0 Å². The van der Waals surface area contributed by atoms with Gasteiger partial charge in [0.05, 0.1) is 23.4 Å². The molecule has 0 saturated heterocycles. The summed E-state index contributed by atoms with van der Waals surface area (Å²) in [7, 11) is 1.66. The molecule has 0 fully saturated rings. The average Bonchev–Trinajstić information content (AvgIpc) is 3.11. The van der Waals surface area contributed by atoms with E-state index in [4.69, 9.17) is 0 Å². The number of carbonyl (C=O) groups excluding carboxylic acids is 1. The van der Waals surface area contributed by atoms with E-state index in [2.05, 4.69) is 10.1 Å². The van der Waals surface area contributed by atoms with Gasteiger partial charge in [-0.3, -0.25) is 14.5 Å². The van der Waals surface area contributed by atoms with Gasteiger partial charge in [-0.05, 0) is 49.7 Å². The van der Waals surface area contributed by atoms with Crippen LogP contribution in [0.2, 0.25) is 0 Å². The van der Waals surface area contributed by atoms with Crippen LogP contribution >= 0.6 is 0 Å². The van der Waals surface area contributed by atoms with Crippen LogP contribution in [0.1, 0.15) is 27.3 Å². The van der Waals surface area contributed by atoms with E-state index in [0.29, 0.717) is 29.9 Å². The van der Waals surface area contributed by atoms with Gasteiger partial charge in [-0.2, -0.15) is 5.10 Å². The Morgan fingerprint density at radius 3 is 2.53 bits per heavy atom. The second-order valence-corrected chi connectivity index (χ2v) is 7.99. The Balaban J connectivity index is 1.45. The molecule has 0 N–H and O–H groups in total. The SMILES string of the molecule is Cc1ccc2cc(C(=O)N3CCc4c(nn(C)c4-c4cc(F)c(F)c(F)c4)C3)ccc2n1. The highest BCUT2D eigenvalue weighted by molar-refractivity contribution is 5.98. The van der Waals surface area contributed by atoms with Crippen LogP contribution in [0.25, 0.3) is 22.2 Å². The van der Waals surface area contributed by atoms with Gasteiger partial charge in [-0.1, -0.05) is 6.07 Å². The highest BCUT2D eigenvalue weighted by Gasteiger charge is 2.28. The summed E-state index contributed by atoms with van der Waals surface area (Å²) in [5.41, 5.74) is 4.50. The first-order valence-corrected chi connectivity index (χ1v) is 10.2. The van der Waals surface area contributed by atoms with Gasteiger partial charge >= 0.3 is 0 Å². The fourth-order valence-corrected chi connectivity index (χ4v) is 4.29. The molecule has 0 spiro atoms. The molecule has 2 aromatic carbocycles. The smallest absolute Gasteiger partial charge is 0.254 e. The van der Waals surface area contributed by atoms with E-state index in [0.717, 1.165) is 34.3 Å². The van der Waals surface area contributed by atoms with Gasteiger partial charge in [-0.25, -0.2) is 13.2 Å². The molecule has 0 aliphatic carbocycles. The van der Waals surface area contributed by atoms with Crippen molar-refractivity contribution in [3.63, 3.8) is 0 Å². The Kier molecular flexibility index (Phi) is 4.73. The molecule has 8 heteroatoms. The van der Waals surface area contributed by atoms with Gasteiger partial charge in [0, 0.05) is 41.4 Å². The first-order chi connectivity index (χ1) is 15.3. The van der Waals surface area contributed by atoms with Crippen LogP contribution in [-0.4, -0.2) is 32.1 Å². The molecule has 1 aliphatic heterocycles.